The molecular weight excluding hydrogens is 460 g/mol. The number of non-ortho nitro benzene ring substituents is 1. The summed E-state index contributed by atoms with van der Waals surface area (Å²) < 4.78 is 0. The Morgan fingerprint density at radius 2 is 1.62 bits per heavy atom. The van der Waals surface area contributed by atoms with Gasteiger partial charge in [-0.2, -0.15) is 0 Å². The number of hydrogen-bond donors (Lipinski definition) is 2. The molecule has 34 heavy (non-hydrogen) atoms. The maximum atomic E-state index is 13.2. The topological polar surface area (TPSA) is 121 Å². The number of benzene rings is 3. The van der Waals surface area contributed by atoms with Crippen molar-refractivity contribution >= 4 is 40.4 Å². The molecule has 172 valence electrons. The van der Waals surface area contributed by atoms with Crippen LogP contribution in [0.5, 0.6) is 5.75 Å². The number of phenols is 1. The minimum absolute atomic E-state index is 0.0128. The summed E-state index contributed by atoms with van der Waals surface area (Å²) >= 11 is 6.12. The van der Waals surface area contributed by atoms with Crippen LogP contribution in [-0.4, -0.2) is 26.8 Å². The molecule has 1 aliphatic rings. The highest BCUT2D eigenvalue weighted by Crippen LogP contribution is 2.44. The van der Waals surface area contributed by atoms with E-state index in [0.29, 0.717) is 11.3 Å². The van der Waals surface area contributed by atoms with Crippen molar-refractivity contribution in [2.45, 2.75) is 19.9 Å². The highest BCUT2D eigenvalue weighted by molar-refractivity contribution is 6.51. The molecule has 0 spiro atoms. The Balaban J connectivity index is 1.96. The number of aliphatic hydroxyl groups is 1. The normalized spacial score (nSPS) is 17.3. The van der Waals surface area contributed by atoms with E-state index in [-0.39, 0.29) is 27.6 Å². The lowest BCUT2D eigenvalue weighted by molar-refractivity contribution is -0.384. The zero-order chi connectivity index (χ0) is 24.7. The van der Waals surface area contributed by atoms with Crippen molar-refractivity contribution in [2.24, 2.45) is 0 Å². The number of anilines is 1. The van der Waals surface area contributed by atoms with Crippen molar-refractivity contribution in [3.63, 3.8) is 0 Å². The molecule has 0 saturated carbocycles. The average molecular weight is 479 g/mol. The maximum absolute atomic E-state index is 13.2. The van der Waals surface area contributed by atoms with Crippen LogP contribution in [-0.2, 0) is 9.59 Å². The largest absolute Gasteiger partial charge is 0.507 e. The number of phenolic OH excluding ortho intramolecular Hbond substituents is 1. The molecule has 3 aromatic rings. The van der Waals surface area contributed by atoms with Crippen molar-refractivity contribution in [1.82, 2.24) is 0 Å². The zero-order valence-electron chi connectivity index (χ0n) is 18.2. The predicted molar refractivity (Wildman–Crippen MR) is 127 cm³/mol. The van der Waals surface area contributed by atoms with Gasteiger partial charge in [-0.05, 0) is 66.9 Å². The van der Waals surface area contributed by atoms with Gasteiger partial charge in [-0.15, -0.1) is 0 Å². The maximum Gasteiger partial charge on any atom is 0.300 e. The second-order valence-corrected chi connectivity index (χ2v) is 8.44. The highest BCUT2D eigenvalue weighted by Gasteiger charge is 2.47. The summed E-state index contributed by atoms with van der Waals surface area (Å²) in [5, 5.41) is 32.0. The summed E-state index contributed by atoms with van der Waals surface area (Å²) in [5.74, 6) is -2.41. The lowest BCUT2D eigenvalue weighted by atomic mass is 9.94. The number of aryl methyl sites for hydroxylation is 2. The Labute approximate surface area is 199 Å². The van der Waals surface area contributed by atoms with Crippen LogP contribution in [0, 0.1) is 24.0 Å². The highest BCUT2D eigenvalue weighted by atomic mass is 35.5. The monoisotopic (exact) mass is 478 g/mol. The van der Waals surface area contributed by atoms with Crippen LogP contribution >= 0.6 is 11.6 Å². The third-order valence-corrected chi connectivity index (χ3v) is 5.87. The van der Waals surface area contributed by atoms with E-state index in [1.165, 1.54) is 47.4 Å². The molecule has 1 atom stereocenters. The van der Waals surface area contributed by atoms with Crippen LogP contribution in [0.4, 0.5) is 11.4 Å². The third-order valence-electron chi connectivity index (χ3n) is 5.57. The summed E-state index contributed by atoms with van der Waals surface area (Å²) in [4.78, 5) is 38.1. The van der Waals surface area contributed by atoms with Crippen molar-refractivity contribution in [3.05, 3.63) is 104 Å². The van der Waals surface area contributed by atoms with Gasteiger partial charge in [-0.1, -0.05) is 23.7 Å². The molecule has 4 rings (SSSR count). The van der Waals surface area contributed by atoms with E-state index >= 15 is 0 Å². The van der Waals surface area contributed by atoms with Gasteiger partial charge in [0, 0.05) is 23.4 Å². The van der Waals surface area contributed by atoms with E-state index in [4.69, 9.17) is 11.6 Å². The van der Waals surface area contributed by atoms with Gasteiger partial charge >= 0.3 is 0 Å². The molecule has 1 fully saturated rings. The number of carbonyl (C=O) groups excluding carboxylic acids is 2. The first kappa shape index (κ1) is 23.0. The number of nitrogens with zero attached hydrogens (tertiary/aromatic N) is 2. The summed E-state index contributed by atoms with van der Waals surface area (Å²) in [6.45, 7) is 3.72. The van der Waals surface area contributed by atoms with Gasteiger partial charge in [0.25, 0.3) is 17.4 Å². The molecule has 1 saturated heterocycles. The molecule has 0 aliphatic carbocycles. The van der Waals surface area contributed by atoms with Crippen molar-refractivity contribution in [2.75, 3.05) is 4.90 Å². The number of Topliss-reactive ketones (excluding diaryl/α,β-unsaturated/α-hetero) is 1. The molecule has 8 nitrogen and oxygen atoms in total. The van der Waals surface area contributed by atoms with Crippen LogP contribution in [0.3, 0.4) is 0 Å². The van der Waals surface area contributed by atoms with Crippen LogP contribution < -0.4 is 4.90 Å². The van der Waals surface area contributed by atoms with Crippen molar-refractivity contribution < 1.29 is 24.7 Å². The number of amides is 1. The number of aromatic hydroxyl groups is 1. The van der Waals surface area contributed by atoms with E-state index in [2.05, 4.69) is 0 Å². The Bertz CT molecular complexity index is 1360. The van der Waals surface area contributed by atoms with Gasteiger partial charge < -0.3 is 10.2 Å². The molecule has 1 amide bonds. The van der Waals surface area contributed by atoms with Gasteiger partial charge in [0.05, 0.1) is 21.6 Å². The van der Waals surface area contributed by atoms with Crippen LogP contribution in [0.25, 0.3) is 5.76 Å². The fourth-order valence-electron chi connectivity index (χ4n) is 4.09. The zero-order valence-corrected chi connectivity index (χ0v) is 18.9. The van der Waals surface area contributed by atoms with Crippen molar-refractivity contribution in [3.8, 4) is 5.75 Å². The second-order valence-electron chi connectivity index (χ2n) is 8.03. The minimum Gasteiger partial charge on any atom is -0.507 e. The molecule has 0 radical (unpaired) electrons. The van der Waals surface area contributed by atoms with Gasteiger partial charge in [0.1, 0.15) is 11.5 Å². The number of hydrogen-bond acceptors (Lipinski definition) is 6. The van der Waals surface area contributed by atoms with Crippen LogP contribution in [0.1, 0.15) is 28.3 Å². The molecule has 3 aromatic carbocycles. The number of carbonyl (C=O) groups is 2. The smallest absolute Gasteiger partial charge is 0.300 e. The SMILES string of the molecule is Cc1cc(C)cc(N2C(=O)C(=O)/C(=C(\O)c3ccc([N+](=O)[O-])cc3)C2c2ccc(O)c(Cl)c2)c1. The Hall–Kier alpha value is -4.17. The molecule has 1 aliphatic heterocycles. The van der Waals surface area contributed by atoms with E-state index in [9.17, 15) is 29.9 Å². The number of rotatable bonds is 4. The molecule has 2 N–H and O–H groups in total. The Kier molecular flexibility index (Phi) is 5.85. The Morgan fingerprint density at radius 1 is 1.00 bits per heavy atom. The fraction of sp³-hybridized carbons (Fsp3) is 0.120. The first-order valence-corrected chi connectivity index (χ1v) is 10.6. The van der Waals surface area contributed by atoms with E-state index < -0.39 is 28.4 Å². The lowest BCUT2D eigenvalue weighted by Gasteiger charge is -2.26. The number of ketones is 1. The number of nitro benzene ring substituents is 1. The van der Waals surface area contributed by atoms with Crippen LogP contribution in [0.2, 0.25) is 5.02 Å². The standard InChI is InChI=1S/C25H19ClN2O6/c1-13-9-14(2)11-18(10-13)27-22(16-5-8-20(29)19(26)12-16)21(24(31)25(27)32)23(30)15-3-6-17(7-4-15)28(33)34/h3-12,22,29-30H,1-2H3/b23-21-. The predicted octanol–water partition coefficient (Wildman–Crippen LogP) is 5.20. The van der Waals surface area contributed by atoms with Crippen LogP contribution in [0.15, 0.2) is 66.2 Å². The lowest BCUT2D eigenvalue weighted by Crippen LogP contribution is -2.29. The summed E-state index contributed by atoms with van der Waals surface area (Å²) in [7, 11) is 0. The van der Waals surface area contributed by atoms with E-state index in [0.717, 1.165) is 11.1 Å². The second kappa shape index (κ2) is 8.64. The molecular formula is C25H19ClN2O6. The number of halogens is 1. The minimum atomic E-state index is -1.05. The summed E-state index contributed by atoms with van der Waals surface area (Å²) in [6, 6.07) is 13.6. The van der Waals surface area contributed by atoms with E-state index in [1.54, 1.807) is 12.1 Å². The Morgan fingerprint density at radius 3 is 2.18 bits per heavy atom. The summed E-state index contributed by atoms with van der Waals surface area (Å²) in [5.41, 5.74) is 2.35. The number of aliphatic hydroxyl groups excluding tert-OH is 1. The summed E-state index contributed by atoms with van der Waals surface area (Å²) in [6.07, 6.45) is 0. The number of nitro groups is 1. The average Bonchev–Trinajstić information content (AvgIpc) is 3.05. The first-order valence-electron chi connectivity index (χ1n) is 10.2. The molecule has 9 heteroatoms. The third kappa shape index (κ3) is 3.99. The quantitative estimate of drug-likeness (QED) is 0.175. The van der Waals surface area contributed by atoms with E-state index in [1.807, 2.05) is 19.9 Å². The fourth-order valence-corrected chi connectivity index (χ4v) is 4.28. The van der Waals surface area contributed by atoms with Gasteiger partial charge in [-0.25, -0.2) is 0 Å². The molecule has 0 aromatic heterocycles. The van der Waals surface area contributed by atoms with Gasteiger partial charge in [-0.3, -0.25) is 24.6 Å². The molecule has 1 unspecified atom stereocenters. The van der Waals surface area contributed by atoms with Gasteiger partial charge in [0.2, 0.25) is 0 Å². The van der Waals surface area contributed by atoms with Crippen molar-refractivity contribution in [1.29, 1.82) is 0 Å². The molecule has 1 heterocycles. The first-order chi connectivity index (χ1) is 16.1. The molecule has 0 bridgehead atoms. The van der Waals surface area contributed by atoms with Gasteiger partial charge in [0.15, 0.2) is 0 Å².